The first-order chi connectivity index (χ1) is 10.6. The van der Waals surface area contributed by atoms with E-state index in [1.54, 1.807) is 31.2 Å². The molecule has 0 aromatic heterocycles. The lowest BCUT2D eigenvalue weighted by molar-refractivity contribution is 0.199. The average molecular weight is 295 g/mol. The third-order valence-electron chi connectivity index (χ3n) is 3.19. The molecule has 5 heteroatoms. The molecule has 2 aromatic carbocycles. The maximum atomic E-state index is 11.8. The van der Waals surface area contributed by atoms with Crippen molar-refractivity contribution in [2.75, 3.05) is 5.32 Å². The molecule has 0 unspecified atom stereocenters. The van der Waals surface area contributed by atoms with Crippen molar-refractivity contribution in [3.05, 3.63) is 65.2 Å². The van der Waals surface area contributed by atoms with E-state index in [4.69, 9.17) is 5.26 Å². The Morgan fingerprint density at radius 3 is 2.36 bits per heavy atom. The molecule has 2 aromatic rings. The summed E-state index contributed by atoms with van der Waals surface area (Å²) in [5.74, 6) is 0. The molecule has 22 heavy (non-hydrogen) atoms. The maximum absolute atomic E-state index is 11.8. The number of aliphatic hydroxyl groups excluding tert-OH is 1. The first kappa shape index (κ1) is 15.5. The van der Waals surface area contributed by atoms with Crippen LogP contribution in [-0.4, -0.2) is 11.1 Å². The first-order valence-corrected chi connectivity index (χ1v) is 6.90. The van der Waals surface area contributed by atoms with Crippen LogP contribution in [0.4, 0.5) is 10.5 Å². The fraction of sp³-hybridized carbons (Fsp3) is 0.176. The normalized spacial score (nSPS) is 11.3. The van der Waals surface area contributed by atoms with E-state index in [-0.39, 0.29) is 6.03 Å². The van der Waals surface area contributed by atoms with E-state index in [1.807, 2.05) is 30.3 Å². The summed E-state index contributed by atoms with van der Waals surface area (Å²) >= 11 is 0. The minimum absolute atomic E-state index is 0.315. The molecular formula is C17H17N3O2. The molecule has 0 fully saturated rings. The third-order valence-corrected chi connectivity index (χ3v) is 3.19. The molecule has 0 aliphatic heterocycles. The topological polar surface area (TPSA) is 85.2 Å². The molecule has 0 radical (unpaired) electrons. The van der Waals surface area contributed by atoms with Crippen molar-refractivity contribution in [2.24, 2.45) is 0 Å². The van der Waals surface area contributed by atoms with E-state index in [2.05, 4.69) is 10.6 Å². The van der Waals surface area contributed by atoms with Crippen LogP contribution in [0.3, 0.4) is 0 Å². The van der Waals surface area contributed by atoms with E-state index >= 15 is 0 Å². The zero-order valence-electron chi connectivity index (χ0n) is 12.2. The maximum Gasteiger partial charge on any atom is 0.319 e. The Kier molecular flexibility index (Phi) is 5.12. The molecule has 2 rings (SSSR count). The van der Waals surface area contributed by atoms with Crippen LogP contribution < -0.4 is 10.6 Å². The number of nitriles is 1. The largest absolute Gasteiger partial charge is 0.389 e. The van der Waals surface area contributed by atoms with Crippen LogP contribution in [0.1, 0.15) is 29.7 Å². The Hall–Kier alpha value is -2.84. The molecule has 0 saturated carbocycles. The van der Waals surface area contributed by atoms with Gasteiger partial charge in [-0.25, -0.2) is 4.79 Å². The van der Waals surface area contributed by atoms with Gasteiger partial charge in [-0.3, -0.25) is 0 Å². The highest BCUT2D eigenvalue weighted by atomic mass is 16.3. The Bertz CT molecular complexity index is 671. The molecule has 1 atom stereocenters. The van der Waals surface area contributed by atoms with Crippen molar-refractivity contribution in [3.63, 3.8) is 0 Å². The Morgan fingerprint density at radius 1 is 1.18 bits per heavy atom. The van der Waals surface area contributed by atoms with Gasteiger partial charge < -0.3 is 15.7 Å². The third kappa shape index (κ3) is 4.33. The highest BCUT2D eigenvalue weighted by Crippen LogP contribution is 2.13. The fourth-order valence-corrected chi connectivity index (χ4v) is 1.90. The monoisotopic (exact) mass is 295 g/mol. The van der Waals surface area contributed by atoms with Crippen molar-refractivity contribution in [2.45, 2.75) is 19.6 Å². The van der Waals surface area contributed by atoms with Crippen molar-refractivity contribution >= 4 is 11.7 Å². The molecule has 0 aliphatic carbocycles. The molecule has 3 N–H and O–H groups in total. The molecule has 0 bridgehead atoms. The van der Waals surface area contributed by atoms with E-state index < -0.39 is 6.10 Å². The van der Waals surface area contributed by atoms with E-state index in [9.17, 15) is 9.90 Å². The summed E-state index contributed by atoms with van der Waals surface area (Å²) in [6.07, 6.45) is -0.498. The van der Waals surface area contributed by atoms with Crippen LogP contribution >= 0.6 is 0 Å². The molecule has 5 nitrogen and oxygen atoms in total. The lowest BCUT2D eigenvalue weighted by Crippen LogP contribution is -2.28. The van der Waals surface area contributed by atoms with Gasteiger partial charge in [-0.2, -0.15) is 5.26 Å². The Balaban J connectivity index is 1.85. The summed E-state index contributed by atoms with van der Waals surface area (Å²) in [7, 11) is 0. The number of nitrogens with one attached hydrogen (secondary N) is 2. The number of benzene rings is 2. The van der Waals surface area contributed by atoms with Crippen LogP contribution in [0.2, 0.25) is 0 Å². The molecule has 0 aliphatic rings. The number of hydrogen-bond acceptors (Lipinski definition) is 3. The van der Waals surface area contributed by atoms with Gasteiger partial charge in [-0.15, -0.1) is 0 Å². The zero-order chi connectivity index (χ0) is 15.9. The van der Waals surface area contributed by atoms with Gasteiger partial charge in [0.25, 0.3) is 0 Å². The average Bonchev–Trinajstić information content (AvgIpc) is 2.54. The molecule has 112 valence electrons. The summed E-state index contributed by atoms with van der Waals surface area (Å²) in [5, 5.41) is 23.6. The first-order valence-electron chi connectivity index (χ1n) is 6.90. The summed E-state index contributed by atoms with van der Waals surface area (Å²) in [6, 6.07) is 15.7. The number of amides is 2. The second-order valence-electron chi connectivity index (χ2n) is 4.91. The van der Waals surface area contributed by atoms with Gasteiger partial charge in [0.05, 0.1) is 17.7 Å². The van der Waals surface area contributed by atoms with Gasteiger partial charge in [0.15, 0.2) is 0 Å². The number of hydrogen-bond donors (Lipinski definition) is 3. The molecule has 0 spiro atoms. The number of anilines is 1. The minimum atomic E-state index is -0.498. The highest BCUT2D eigenvalue weighted by molar-refractivity contribution is 5.89. The predicted molar refractivity (Wildman–Crippen MR) is 84.1 cm³/mol. The second kappa shape index (κ2) is 7.25. The van der Waals surface area contributed by atoms with Gasteiger partial charge in [0.2, 0.25) is 0 Å². The van der Waals surface area contributed by atoms with Crippen LogP contribution in [0.5, 0.6) is 0 Å². The lowest BCUT2D eigenvalue weighted by atomic mass is 10.1. The molecule has 0 heterocycles. The van der Waals surface area contributed by atoms with Gasteiger partial charge in [-0.05, 0) is 42.3 Å². The fourth-order valence-electron chi connectivity index (χ4n) is 1.90. The SMILES string of the molecule is C[C@@H](O)c1ccc(CNC(=O)Nc2ccc(C#N)cc2)cc1. The van der Waals surface area contributed by atoms with Crippen LogP contribution in [-0.2, 0) is 6.54 Å². The number of nitrogens with zero attached hydrogens (tertiary/aromatic N) is 1. The number of aliphatic hydroxyl groups is 1. The Labute approximate surface area is 129 Å². The van der Waals surface area contributed by atoms with E-state index in [1.165, 1.54) is 0 Å². The van der Waals surface area contributed by atoms with Gasteiger partial charge in [-0.1, -0.05) is 24.3 Å². The number of carbonyl (C=O) groups is 1. The van der Waals surface area contributed by atoms with Gasteiger partial charge in [0.1, 0.15) is 0 Å². The summed E-state index contributed by atoms with van der Waals surface area (Å²) in [5.41, 5.74) is 2.95. The lowest BCUT2D eigenvalue weighted by Gasteiger charge is -2.09. The van der Waals surface area contributed by atoms with Crippen molar-refractivity contribution < 1.29 is 9.90 Å². The molecule has 2 amide bonds. The second-order valence-corrected chi connectivity index (χ2v) is 4.91. The van der Waals surface area contributed by atoms with Crippen molar-refractivity contribution in [1.29, 1.82) is 5.26 Å². The van der Waals surface area contributed by atoms with Crippen molar-refractivity contribution in [3.8, 4) is 6.07 Å². The van der Waals surface area contributed by atoms with E-state index in [0.717, 1.165) is 11.1 Å². The quantitative estimate of drug-likeness (QED) is 0.810. The smallest absolute Gasteiger partial charge is 0.319 e. The van der Waals surface area contributed by atoms with Gasteiger partial charge in [0, 0.05) is 12.2 Å². The minimum Gasteiger partial charge on any atom is -0.389 e. The van der Waals surface area contributed by atoms with E-state index in [0.29, 0.717) is 17.8 Å². The highest BCUT2D eigenvalue weighted by Gasteiger charge is 2.03. The summed E-state index contributed by atoms with van der Waals surface area (Å²) in [4.78, 5) is 11.8. The van der Waals surface area contributed by atoms with Crippen LogP contribution in [0.25, 0.3) is 0 Å². The van der Waals surface area contributed by atoms with Crippen LogP contribution in [0, 0.1) is 11.3 Å². The van der Waals surface area contributed by atoms with Crippen LogP contribution in [0.15, 0.2) is 48.5 Å². The van der Waals surface area contributed by atoms with Gasteiger partial charge >= 0.3 is 6.03 Å². The molecule has 0 saturated heterocycles. The Morgan fingerprint density at radius 2 is 1.82 bits per heavy atom. The standard InChI is InChI=1S/C17H17N3O2/c1-12(21)15-6-2-14(3-7-15)11-19-17(22)20-16-8-4-13(10-18)5-9-16/h2-9,12,21H,11H2,1H3,(H2,19,20,22)/t12-/m1/s1. The van der Waals surface area contributed by atoms with Crippen molar-refractivity contribution in [1.82, 2.24) is 5.32 Å². The summed E-state index contributed by atoms with van der Waals surface area (Å²) < 4.78 is 0. The number of carbonyl (C=O) groups excluding carboxylic acids is 1. The number of rotatable bonds is 4. The molecular weight excluding hydrogens is 278 g/mol. The summed E-state index contributed by atoms with van der Waals surface area (Å²) in [6.45, 7) is 2.10. The zero-order valence-corrected chi connectivity index (χ0v) is 12.2. The predicted octanol–water partition coefficient (Wildman–Crippen LogP) is 2.93. The number of urea groups is 1.